The van der Waals surface area contributed by atoms with Gasteiger partial charge in [-0.2, -0.15) is 0 Å². The van der Waals surface area contributed by atoms with E-state index in [1.165, 1.54) is 0 Å². The highest BCUT2D eigenvalue weighted by atomic mass is 32.2. The fourth-order valence-corrected chi connectivity index (χ4v) is 3.78. The first-order chi connectivity index (χ1) is 10.5. The molecule has 1 N–H and O–H groups in total. The molecule has 0 heterocycles. The van der Waals surface area contributed by atoms with Crippen LogP contribution in [0.2, 0.25) is 0 Å². The summed E-state index contributed by atoms with van der Waals surface area (Å²) in [4.78, 5) is 12.3. The SMILES string of the molecule is CCC(NC(=O)Cc1ccccc1)S(=O)(=O)c1ccccc1. The van der Waals surface area contributed by atoms with Crippen molar-refractivity contribution in [1.82, 2.24) is 5.32 Å². The van der Waals surface area contributed by atoms with E-state index in [1.54, 1.807) is 37.3 Å². The number of nitrogens with one attached hydrogen (secondary N) is 1. The third-order valence-electron chi connectivity index (χ3n) is 3.35. The Morgan fingerprint density at radius 1 is 1.00 bits per heavy atom. The zero-order chi connectivity index (χ0) is 16.0. The molecular formula is C17H19NO3S. The largest absolute Gasteiger partial charge is 0.339 e. The summed E-state index contributed by atoms with van der Waals surface area (Å²) in [6.07, 6.45) is 0.486. The van der Waals surface area contributed by atoms with Crippen LogP contribution in [0.15, 0.2) is 65.6 Å². The van der Waals surface area contributed by atoms with E-state index in [2.05, 4.69) is 5.32 Å². The summed E-state index contributed by atoms with van der Waals surface area (Å²) in [6, 6.07) is 17.4. The Labute approximate surface area is 131 Å². The van der Waals surface area contributed by atoms with Gasteiger partial charge >= 0.3 is 0 Å². The molecule has 4 nitrogen and oxygen atoms in total. The zero-order valence-corrected chi connectivity index (χ0v) is 13.2. The predicted octanol–water partition coefficient (Wildman–Crippen LogP) is 2.56. The van der Waals surface area contributed by atoms with Gasteiger partial charge in [-0.05, 0) is 24.1 Å². The smallest absolute Gasteiger partial charge is 0.225 e. The number of benzene rings is 2. The van der Waals surface area contributed by atoms with Crippen LogP contribution in [-0.2, 0) is 21.1 Å². The molecule has 2 aromatic carbocycles. The Morgan fingerprint density at radius 2 is 1.55 bits per heavy atom. The molecule has 5 heteroatoms. The summed E-state index contributed by atoms with van der Waals surface area (Å²) >= 11 is 0. The van der Waals surface area contributed by atoms with Gasteiger partial charge in [-0.3, -0.25) is 4.79 Å². The Balaban J connectivity index is 2.10. The monoisotopic (exact) mass is 317 g/mol. The Kier molecular flexibility index (Phi) is 5.33. The molecule has 2 aromatic rings. The second-order valence-electron chi connectivity index (χ2n) is 4.98. The van der Waals surface area contributed by atoms with Crippen molar-refractivity contribution >= 4 is 15.7 Å². The maximum atomic E-state index is 12.5. The summed E-state index contributed by atoms with van der Waals surface area (Å²) in [7, 11) is -3.57. The minimum Gasteiger partial charge on any atom is -0.339 e. The molecular weight excluding hydrogens is 298 g/mol. The van der Waals surface area contributed by atoms with Crippen LogP contribution < -0.4 is 5.32 Å². The van der Waals surface area contributed by atoms with Crippen molar-refractivity contribution in [2.24, 2.45) is 0 Å². The van der Waals surface area contributed by atoms with Crippen LogP contribution in [0.1, 0.15) is 18.9 Å². The third kappa shape index (κ3) is 3.95. The highest BCUT2D eigenvalue weighted by Gasteiger charge is 2.27. The molecule has 0 aliphatic carbocycles. The van der Waals surface area contributed by atoms with Crippen molar-refractivity contribution in [2.45, 2.75) is 30.0 Å². The van der Waals surface area contributed by atoms with Crippen molar-refractivity contribution in [3.63, 3.8) is 0 Å². The van der Waals surface area contributed by atoms with Crippen LogP contribution in [0.25, 0.3) is 0 Å². The maximum Gasteiger partial charge on any atom is 0.225 e. The summed E-state index contributed by atoms with van der Waals surface area (Å²) < 4.78 is 25.1. The highest BCUT2D eigenvalue weighted by Crippen LogP contribution is 2.16. The quantitative estimate of drug-likeness (QED) is 0.890. The molecule has 0 saturated carbocycles. The van der Waals surface area contributed by atoms with Crippen LogP contribution >= 0.6 is 0 Å². The van der Waals surface area contributed by atoms with Gasteiger partial charge in [0, 0.05) is 0 Å². The van der Waals surface area contributed by atoms with Crippen LogP contribution in [0.3, 0.4) is 0 Å². The lowest BCUT2D eigenvalue weighted by atomic mass is 10.1. The summed E-state index contributed by atoms with van der Waals surface area (Å²) in [6.45, 7) is 1.74. The summed E-state index contributed by atoms with van der Waals surface area (Å²) in [5, 5.41) is 1.72. The Hall–Kier alpha value is -2.14. The van der Waals surface area contributed by atoms with Gasteiger partial charge < -0.3 is 5.32 Å². The fourth-order valence-electron chi connectivity index (χ4n) is 2.19. The summed E-state index contributed by atoms with van der Waals surface area (Å²) in [5.41, 5.74) is 0.854. The molecule has 1 atom stereocenters. The molecule has 1 unspecified atom stereocenters. The van der Waals surface area contributed by atoms with Crippen molar-refractivity contribution in [3.8, 4) is 0 Å². The van der Waals surface area contributed by atoms with E-state index in [4.69, 9.17) is 0 Å². The molecule has 0 bridgehead atoms. The number of carbonyl (C=O) groups excluding carboxylic acids is 1. The molecule has 2 rings (SSSR count). The maximum absolute atomic E-state index is 12.5. The molecule has 0 aromatic heterocycles. The van der Waals surface area contributed by atoms with Crippen LogP contribution in [0.4, 0.5) is 0 Å². The van der Waals surface area contributed by atoms with Crippen molar-refractivity contribution in [1.29, 1.82) is 0 Å². The molecule has 0 radical (unpaired) electrons. The van der Waals surface area contributed by atoms with Gasteiger partial charge in [0.25, 0.3) is 0 Å². The molecule has 0 aliphatic rings. The van der Waals surface area contributed by atoms with Crippen molar-refractivity contribution in [3.05, 3.63) is 66.2 Å². The van der Waals surface area contributed by atoms with Crippen LogP contribution in [0, 0.1) is 0 Å². The number of carbonyl (C=O) groups is 1. The number of amides is 1. The zero-order valence-electron chi connectivity index (χ0n) is 12.4. The highest BCUT2D eigenvalue weighted by molar-refractivity contribution is 7.92. The lowest BCUT2D eigenvalue weighted by molar-refractivity contribution is -0.120. The van der Waals surface area contributed by atoms with Crippen molar-refractivity contribution in [2.75, 3.05) is 0 Å². The minimum absolute atomic E-state index is 0.168. The Bertz CT molecular complexity index is 712. The first kappa shape index (κ1) is 16.2. The van der Waals surface area contributed by atoms with E-state index < -0.39 is 15.2 Å². The van der Waals surface area contributed by atoms with E-state index in [1.807, 2.05) is 30.3 Å². The van der Waals surface area contributed by atoms with Gasteiger partial charge in [-0.25, -0.2) is 8.42 Å². The number of hydrogen-bond donors (Lipinski definition) is 1. The van der Waals surface area contributed by atoms with Gasteiger partial charge in [-0.15, -0.1) is 0 Å². The van der Waals surface area contributed by atoms with E-state index in [0.717, 1.165) is 5.56 Å². The van der Waals surface area contributed by atoms with E-state index >= 15 is 0 Å². The van der Waals surface area contributed by atoms with Crippen LogP contribution in [0.5, 0.6) is 0 Å². The molecule has 0 aliphatic heterocycles. The van der Waals surface area contributed by atoms with Gasteiger partial charge in [0.15, 0.2) is 9.84 Å². The third-order valence-corrected chi connectivity index (χ3v) is 5.48. The normalized spacial score (nSPS) is 12.6. The molecule has 1 amide bonds. The van der Waals surface area contributed by atoms with Gasteiger partial charge in [0.1, 0.15) is 5.37 Å². The molecule has 116 valence electrons. The van der Waals surface area contributed by atoms with E-state index in [-0.39, 0.29) is 17.2 Å². The second kappa shape index (κ2) is 7.22. The molecule has 0 spiro atoms. The average molecular weight is 317 g/mol. The number of rotatable bonds is 6. The lowest BCUT2D eigenvalue weighted by Gasteiger charge is -2.17. The Morgan fingerprint density at radius 3 is 2.09 bits per heavy atom. The van der Waals surface area contributed by atoms with E-state index in [9.17, 15) is 13.2 Å². The molecule has 0 fully saturated rings. The van der Waals surface area contributed by atoms with E-state index in [0.29, 0.717) is 6.42 Å². The van der Waals surface area contributed by atoms with Crippen molar-refractivity contribution < 1.29 is 13.2 Å². The molecule has 0 saturated heterocycles. The van der Waals surface area contributed by atoms with Gasteiger partial charge in [0.2, 0.25) is 5.91 Å². The number of sulfone groups is 1. The van der Waals surface area contributed by atoms with Crippen LogP contribution in [-0.4, -0.2) is 19.7 Å². The van der Waals surface area contributed by atoms with Gasteiger partial charge in [0.05, 0.1) is 11.3 Å². The standard InChI is InChI=1S/C17H19NO3S/c1-2-17(22(20,21)15-11-7-4-8-12-15)18-16(19)13-14-9-5-3-6-10-14/h3-12,17H,2,13H2,1H3,(H,18,19). The minimum atomic E-state index is -3.57. The number of hydrogen-bond acceptors (Lipinski definition) is 3. The average Bonchev–Trinajstić information content (AvgIpc) is 2.54. The fraction of sp³-hybridized carbons (Fsp3) is 0.235. The summed E-state index contributed by atoms with van der Waals surface area (Å²) in [5.74, 6) is -0.294. The first-order valence-electron chi connectivity index (χ1n) is 7.16. The predicted molar refractivity (Wildman–Crippen MR) is 86.0 cm³/mol. The van der Waals surface area contributed by atoms with Gasteiger partial charge in [-0.1, -0.05) is 55.5 Å². The molecule has 22 heavy (non-hydrogen) atoms. The first-order valence-corrected chi connectivity index (χ1v) is 8.71. The second-order valence-corrected chi connectivity index (χ2v) is 7.12. The lowest BCUT2D eigenvalue weighted by Crippen LogP contribution is -2.41. The topological polar surface area (TPSA) is 63.2 Å².